The van der Waals surface area contributed by atoms with Crippen LogP contribution in [0.2, 0.25) is 0 Å². The highest BCUT2D eigenvalue weighted by atomic mass is 19.1. The summed E-state index contributed by atoms with van der Waals surface area (Å²) in [5.74, 6) is -0.321. The minimum absolute atomic E-state index is 0.136. The molecule has 2 heterocycles. The lowest BCUT2D eigenvalue weighted by molar-refractivity contribution is -0.117. The molecule has 0 bridgehead atoms. The van der Waals surface area contributed by atoms with Crippen molar-refractivity contribution in [2.24, 2.45) is 0 Å². The van der Waals surface area contributed by atoms with E-state index in [4.69, 9.17) is 4.74 Å². The number of halogens is 1. The number of carbonyl (C=O) groups excluding carboxylic acids is 1. The van der Waals surface area contributed by atoms with E-state index in [1.165, 1.54) is 16.5 Å². The van der Waals surface area contributed by atoms with Gasteiger partial charge >= 0.3 is 5.69 Å². The molecule has 0 atom stereocenters. The highest BCUT2D eigenvalue weighted by Crippen LogP contribution is 2.25. The zero-order valence-electron chi connectivity index (χ0n) is 17.5. The van der Waals surface area contributed by atoms with Gasteiger partial charge in [-0.2, -0.15) is 0 Å². The summed E-state index contributed by atoms with van der Waals surface area (Å²) in [6, 6.07) is 20.2. The van der Waals surface area contributed by atoms with Gasteiger partial charge in [-0.05, 0) is 48.9 Å². The average Bonchev–Trinajstić information content (AvgIpc) is 3.13. The molecule has 33 heavy (non-hydrogen) atoms. The second kappa shape index (κ2) is 8.19. The Bertz CT molecular complexity index is 1560. The molecule has 0 aliphatic heterocycles. The SMILES string of the molecule is Cc1ccc(F)cc1NC(=O)Cn1nc2c(Oc3ccccc3)nc3ccccc3n2c1=O. The number of nitrogens with zero attached hydrogens (tertiary/aromatic N) is 4. The number of ether oxygens (including phenoxy) is 1. The number of amides is 1. The van der Waals surface area contributed by atoms with Gasteiger partial charge in [-0.15, -0.1) is 5.10 Å². The standard InChI is InChI=1S/C24H18FN5O3/c1-15-11-12-16(25)13-19(15)26-21(31)14-29-24(32)30-20-10-6-5-9-18(20)27-23(22(30)28-29)33-17-7-3-2-4-8-17/h2-13H,14H2,1H3,(H,26,31). The van der Waals surface area contributed by atoms with Crippen LogP contribution >= 0.6 is 0 Å². The molecule has 0 radical (unpaired) electrons. The summed E-state index contributed by atoms with van der Waals surface area (Å²) in [6.07, 6.45) is 0. The summed E-state index contributed by atoms with van der Waals surface area (Å²) >= 11 is 0. The zero-order chi connectivity index (χ0) is 22.9. The van der Waals surface area contributed by atoms with Gasteiger partial charge in [0, 0.05) is 5.69 Å². The monoisotopic (exact) mass is 443 g/mol. The number of benzene rings is 3. The molecular formula is C24H18FN5O3. The van der Waals surface area contributed by atoms with Crippen molar-refractivity contribution < 1.29 is 13.9 Å². The van der Waals surface area contributed by atoms with E-state index < -0.39 is 17.4 Å². The number of para-hydroxylation sites is 3. The first-order valence-electron chi connectivity index (χ1n) is 10.2. The first kappa shape index (κ1) is 20.4. The van der Waals surface area contributed by atoms with Crippen LogP contribution in [0.4, 0.5) is 10.1 Å². The number of aromatic nitrogens is 4. The number of anilines is 1. The number of nitrogens with one attached hydrogen (secondary N) is 1. The highest BCUT2D eigenvalue weighted by Gasteiger charge is 2.19. The summed E-state index contributed by atoms with van der Waals surface area (Å²) in [5, 5.41) is 6.95. The summed E-state index contributed by atoms with van der Waals surface area (Å²) in [4.78, 5) is 30.3. The number of fused-ring (bicyclic) bond motifs is 3. The van der Waals surface area contributed by atoms with Crippen LogP contribution in [0.15, 0.2) is 77.6 Å². The quantitative estimate of drug-likeness (QED) is 0.445. The smallest absolute Gasteiger partial charge is 0.351 e. The first-order chi connectivity index (χ1) is 16.0. The lowest BCUT2D eigenvalue weighted by Crippen LogP contribution is -2.28. The van der Waals surface area contributed by atoms with Crippen molar-refractivity contribution in [2.75, 3.05) is 5.32 Å². The molecule has 0 fully saturated rings. The second-order valence-corrected chi connectivity index (χ2v) is 7.43. The van der Waals surface area contributed by atoms with Crippen molar-refractivity contribution in [3.05, 3.63) is 94.7 Å². The van der Waals surface area contributed by atoms with E-state index >= 15 is 0 Å². The Morgan fingerprint density at radius 3 is 2.64 bits per heavy atom. The fraction of sp³-hybridized carbons (Fsp3) is 0.0833. The van der Waals surface area contributed by atoms with E-state index in [0.717, 1.165) is 4.68 Å². The van der Waals surface area contributed by atoms with E-state index in [-0.39, 0.29) is 18.1 Å². The van der Waals surface area contributed by atoms with Crippen molar-refractivity contribution in [1.82, 2.24) is 19.2 Å². The summed E-state index contributed by atoms with van der Waals surface area (Å²) in [5.41, 5.74) is 1.76. The predicted octanol–water partition coefficient (Wildman–Crippen LogP) is 3.92. The Kier molecular flexibility index (Phi) is 5.06. The van der Waals surface area contributed by atoms with Crippen LogP contribution in [0.1, 0.15) is 5.56 Å². The minimum Gasteiger partial charge on any atom is -0.436 e. The number of aryl methyl sites for hydroxylation is 1. The molecule has 2 aromatic heterocycles. The first-order valence-corrected chi connectivity index (χ1v) is 10.2. The molecule has 8 nitrogen and oxygen atoms in total. The molecule has 0 saturated carbocycles. The third-order valence-electron chi connectivity index (χ3n) is 5.10. The normalized spacial score (nSPS) is 11.1. The van der Waals surface area contributed by atoms with E-state index in [1.54, 1.807) is 49.4 Å². The fourth-order valence-electron chi connectivity index (χ4n) is 3.50. The molecule has 3 aromatic carbocycles. The third kappa shape index (κ3) is 3.91. The van der Waals surface area contributed by atoms with Crippen LogP contribution in [0.25, 0.3) is 16.7 Å². The molecule has 0 aliphatic carbocycles. The van der Waals surface area contributed by atoms with Crippen LogP contribution in [0.3, 0.4) is 0 Å². The molecule has 1 amide bonds. The lowest BCUT2D eigenvalue weighted by atomic mass is 10.2. The molecule has 1 N–H and O–H groups in total. The van der Waals surface area contributed by atoms with Crippen LogP contribution < -0.4 is 15.7 Å². The van der Waals surface area contributed by atoms with Gasteiger partial charge in [-0.3, -0.25) is 4.79 Å². The van der Waals surface area contributed by atoms with Crippen LogP contribution in [-0.4, -0.2) is 25.1 Å². The van der Waals surface area contributed by atoms with Gasteiger partial charge in [0.1, 0.15) is 18.1 Å². The maximum atomic E-state index is 13.6. The highest BCUT2D eigenvalue weighted by molar-refractivity contribution is 5.91. The van der Waals surface area contributed by atoms with Gasteiger partial charge in [0.05, 0.1) is 11.0 Å². The Balaban J connectivity index is 1.56. The fourth-order valence-corrected chi connectivity index (χ4v) is 3.50. The van der Waals surface area contributed by atoms with Crippen LogP contribution in [-0.2, 0) is 11.3 Å². The Morgan fingerprint density at radius 2 is 1.82 bits per heavy atom. The number of carbonyl (C=O) groups is 1. The Morgan fingerprint density at radius 1 is 1.06 bits per heavy atom. The van der Waals surface area contributed by atoms with Gasteiger partial charge in [-0.25, -0.2) is 23.3 Å². The number of hydrogen-bond donors (Lipinski definition) is 1. The lowest BCUT2D eigenvalue weighted by Gasteiger charge is -2.08. The summed E-state index contributed by atoms with van der Waals surface area (Å²) in [7, 11) is 0. The molecule has 164 valence electrons. The van der Waals surface area contributed by atoms with E-state index in [1.807, 2.05) is 18.2 Å². The van der Waals surface area contributed by atoms with Gasteiger partial charge < -0.3 is 10.1 Å². The van der Waals surface area contributed by atoms with Gasteiger partial charge in [-0.1, -0.05) is 36.4 Å². The largest absolute Gasteiger partial charge is 0.436 e. The van der Waals surface area contributed by atoms with E-state index in [9.17, 15) is 14.0 Å². The van der Waals surface area contributed by atoms with Gasteiger partial charge in [0.2, 0.25) is 11.6 Å². The van der Waals surface area contributed by atoms with Crippen LogP contribution in [0.5, 0.6) is 11.6 Å². The van der Waals surface area contributed by atoms with Crippen molar-refractivity contribution in [3.63, 3.8) is 0 Å². The Hall–Kier alpha value is -4.53. The minimum atomic E-state index is -0.521. The topological polar surface area (TPSA) is 90.5 Å². The average molecular weight is 443 g/mol. The maximum absolute atomic E-state index is 13.6. The third-order valence-corrected chi connectivity index (χ3v) is 5.10. The van der Waals surface area contributed by atoms with Crippen molar-refractivity contribution in [1.29, 1.82) is 0 Å². The van der Waals surface area contributed by atoms with Crippen molar-refractivity contribution in [3.8, 4) is 11.6 Å². The molecule has 9 heteroatoms. The van der Waals surface area contributed by atoms with Gasteiger partial charge in [0.25, 0.3) is 5.88 Å². The molecule has 0 spiro atoms. The molecule has 0 unspecified atom stereocenters. The van der Waals surface area contributed by atoms with Crippen molar-refractivity contribution >= 4 is 28.3 Å². The van der Waals surface area contributed by atoms with Gasteiger partial charge in [0.15, 0.2) is 0 Å². The number of rotatable bonds is 5. The molecule has 0 aliphatic rings. The van der Waals surface area contributed by atoms with E-state index in [2.05, 4.69) is 15.4 Å². The van der Waals surface area contributed by atoms with Crippen LogP contribution in [0, 0.1) is 12.7 Å². The number of hydrogen-bond acceptors (Lipinski definition) is 5. The Labute approximate surface area is 186 Å². The predicted molar refractivity (Wildman–Crippen MR) is 121 cm³/mol. The molecule has 5 rings (SSSR count). The van der Waals surface area contributed by atoms with Crippen molar-refractivity contribution in [2.45, 2.75) is 13.5 Å². The van der Waals surface area contributed by atoms with E-state index in [0.29, 0.717) is 28.0 Å². The zero-order valence-corrected chi connectivity index (χ0v) is 17.5. The summed E-state index contributed by atoms with van der Waals surface area (Å²) in [6.45, 7) is 1.38. The molecule has 0 saturated heterocycles. The molecular weight excluding hydrogens is 425 g/mol. The molecule has 5 aromatic rings. The summed E-state index contributed by atoms with van der Waals surface area (Å²) < 4.78 is 21.9. The second-order valence-electron chi connectivity index (χ2n) is 7.43. The maximum Gasteiger partial charge on any atom is 0.351 e.